The van der Waals surface area contributed by atoms with E-state index in [9.17, 15) is 9.18 Å². The summed E-state index contributed by atoms with van der Waals surface area (Å²) in [6.45, 7) is 3.89. The lowest BCUT2D eigenvalue weighted by atomic mass is 9.87. The van der Waals surface area contributed by atoms with Crippen LogP contribution in [-0.4, -0.2) is 31.5 Å². The Morgan fingerprint density at radius 1 is 1.15 bits per heavy atom. The van der Waals surface area contributed by atoms with Crippen LogP contribution in [0.1, 0.15) is 32.3 Å². The van der Waals surface area contributed by atoms with E-state index in [0.717, 1.165) is 24.1 Å². The van der Waals surface area contributed by atoms with E-state index in [1.54, 1.807) is 29.4 Å². The van der Waals surface area contributed by atoms with Gasteiger partial charge in [0, 0.05) is 30.2 Å². The highest BCUT2D eigenvalue weighted by Gasteiger charge is 2.49. The van der Waals surface area contributed by atoms with Crippen molar-refractivity contribution in [2.75, 3.05) is 4.90 Å². The molecule has 1 amide bonds. The molecule has 2 aliphatic rings. The summed E-state index contributed by atoms with van der Waals surface area (Å²) in [5, 5.41) is 0. The summed E-state index contributed by atoms with van der Waals surface area (Å²) in [6.07, 6.45) is 9.84. The average molecular weight is 363 g/mol. The van der Waals surface area contributed by atoms with Gasteiger partial charge in [-0.15, -0.1) is 0 Å². The fourth-order valence-corrected chi connectivity index (χ4v) is 3.65. The lowest BCUT2D eigenvalue weighted by Gasteiger charge is -2.19. The number of fused-ring (bicyclic) bond motifs is 1. The van der Waals surface area contributed by atoms with E-state index in [1.807, 2.05) is 24.8 Å². The van der Waals surface area contributed by atoms with Crippen LogP contribution in [0.4, 0.5) is 10.1 Å². The maximum Gasteiger partial charge on any atom is 0.237 e. The van der Waals surface area contributed by atoms with Crippen LogP contribution in [0.25, 0.3) is 17.1 Å². The van der Waals surface area contributed by atoms with Crippen LogP contribution in [0.15, 0.2) is 43.2 Å². The van der Waals surface area contributed by atoms with Gasteiger partial charge in [-0.2, -0.15) is 0 Å². The van der Waals surface area contributed by atoms with Crippen molar-refractivity contribution in [3.63, 3.8) is 0 Å². The van der Waals surface area contributed by atoms with E-state index in [-0.39, 0.29) is 11.9 Å². The second-order valence-corrected chi connectivity index (χ2v) is 7.61. The van der Waals surface area contributed by atoms with Crippen LogP contribution >= 0.6 is 0 Å². The van der Waals surface area contributed by atoms with Crippen LogP contribution in [0, 0.1) is 5.82 Å². The Labute approximate surface area is 155 Å². The fourth-order valence-electron chi connectivity index (χ4n) is 3.65. The minimum atomic E-state index is -0.566. The smallest absolute Gasteiger partial charge is 0.237 e. The van der Waals surface area contributed by atoms with Gasteiger partial charge in [-0.25, -0.2) is 9.37 Å². The third-order valence-electron chi connectivity index (χ3n) is 5.35. The lowest BCUT2D eigenvalue weighted by molar-refractivity contribution is -0.122. The molecular weight excluding hydrogens is 345 g/mol. The molecule has 0 aromatic carbocycles. The molecule has 0 saturated heterocycles. The first-order valence-corrected chi connectivity index (χ1v) is 8.95. The number of hydrogen-bond donors (Lipinski definition) is 0. The van der Waals surface area contributed by atoms with Crippen molar-refractivity contribution in [3.05, 3.63) is 54.6 Å². The van der Waals surface area contributed by atoms with Crippen LogP contribution in [0.5, 0.6) is 0 Å². The van der Waals surface area contributed by atoms with E-state index >= 15 is 0 Å². The van der Waals surface area contributed by atoms with Crippen molar-refractivity contribution in [1.29, 1.82) is 0 Å². The minimum absolute atomic E-state index is 0.128. The monoisotopic (exact) mass is 363 g/mol. The highest BCUT2D eigenvalue weighted by atomic mass is 19.1. The first kappa shape index (κ1) is 16.1. The first-order chi connectivity index (χ1) is 13.0. The van der Waals surface area contributed by atoms with Gasteiger partial charge in [0.25, 0.3) is 0 Å². The van der Waals surface area contributed by atoms with Gasteiger partial charge in [-0.1, -0.05) is 0 Å². The summed E-state index contributed by atoms with van der Waals surface area (Å²) in [7, 11) is 0. The number of carbonyl (C=O) groups excluding carboxylic acids is 1. The molecule has 1 saturated carbocycles. The van der Waals surface area contributed by atoms with Crippen molar-refractivity contribution in [2.45, 2.75) is 38.1 Å². The molecular formula is C20H18FN5O. The van der Waals surface area contributed by atoms with Gasteiger partial charge >= 0.3 is 0 Å². The highest BCUT2D eigenvalue weighted by molar-refractivity contribution is 6.08. The van der Waals surface area contributed by atoms with Gasteiger partial charge in [-0.3, -0.25) is 14.8 Å². The zero-order chi connectivity index (χ0) is 18.8. The van der Waals surface area contributed by atoms with Crippen molar-refractivity contribution < 1.29 is 9.18 Å². The number of pyridine rings is 2. The maximum atomic E-state index is 14.0. The number of amides is 1. The van der Waals surface area contributed by atoms with Crippen LogP contribution in [0.2, 0.25) is 0 Å². The molecule has 0 atom stereocenters. The Hall–Kier alpha value is -3.09. The predicted molar refractivity (Wildman–Crippen MR) is 98.1 cm³/mol. The quantitative estimate of drug-likeness (QED) is 0.717. The third-order valence-corrected chi connectivity index (χ3v) is 5.35. The number of nitrogens with zero attached hydrogens (tertiary/aromatic N) is 5. The van der Waals surface area contributed by atoms with Crippen LogP contribution < -0.4 is 4.90 Å². The summed E-state index contributed by atoms with van der Waals surface area (Å²) in [4.78, 5) is 27.5. The second kappa shape index (κ2) is 5.45. The molecule has 0 radical (unpaired) electrons. The second-order valence-electron chi connectivity index (χ2n) is 7.61. The first-order valence-electron chi connectivity index (χ1n) is 8.95. The summed E-state index contributed by atoms with van der Waals surface area (Å²) < 4.78 is 15.6. The summed E-state index contributed by atoms with van der Waals surface area (Å²) in [6, 6.07) is 3.81. The number of carbonyl (C=O) groups is 1. The molecule has 0 N–H and O–H groups in total. The number of anilines is 1. The molecule has 0 spiro atoms. The van der Waals surface area contributed by atoms with E-state index in [4.69, 9.17) is 0 Å². The number of rotatable bonds is 3. The van der Waals surface area contributed by atoms with Crippen molar-refractivity contribution in [3.8, 4) is 17.1 Å². The van der Waals surface area contributed by atoms with E-state index in [1.165, 1.54) is 12.4 Å². The molecule has 6 nitrogen and oxygen atoms in total. The highest BCUT2D eigenvalue weighted by Crippen LogP contribution is 2.47. The van der Waals surface area contributed by atoms with Gasteiger partial charge in [0.2, 0.25) is 5.91 Å². The van der Waals surface area contributed by atoms with E-state index < -0.39 is 11.2 Å². The number of aromatic nitrogens is 4. The lowest BCUT2D eigenvalue weighted by Crippen LogP contribution is -2.37. The standard InChI is InChI=1S/C20H18FN5O/c1-20(2)13-8-23-15(7-18(13)26(19(20)27)12-3-4-12)16-10-25(11-24-16)17-5-6-22-9-14(17)21/h5-12H,3-4H2,1-2H3. The molecule has 4 heterocycles. The van der Waals surface area contributed by atoms with Gasteiger partial charge in [0.1, 0.15) is 12.0 Å². The Bertz CT molecular complexity index is 1070. The van der Waals surface area contributed by atoms with E-state index in [0.29, 0.717) is 17.1 Å². The minimum Gasteiger partial charge on any atom is -0.308 e. The Balaban J connectivity index is 1.57. The van der Waals surface area contributed by atoms with Crippen molar-refractivity contribution in [2.24, 2.45) is 0 Å². The topological polar surface area (TPSA) is 63.9 Å². The van der Waals surface area contributed by atoms with Crippen molar-refractivity contribution >= 4 is 11.6 Å². The average Bonchev–Trinajstić information content (AvgIpc) is 3.32. The zero-order valence-electron chi connectivity index (χ0n) is 15.1. The Morgan fingerprint density at radius 2 is 1.96 bits per heavy atom. The molecule has 7 heteroatoms. The number of halogens is 1. The van der Waals surface area contributed by atoms with Crippen LogP contribution in [-0.2, 0) is 10.2 Å². The van der Waals surface area contributed by atoms with Gasteiger partial charge in [0.05, 0.1) is 28.7 Å². The maximum absolute atomic E-state index is 14.0. The van der Waals surface area contributed by atoms with Gasteiger partial charge < -0.3 is 9.47 Å². The summed E-state index contributed by atoms with van der Waals surface area (Å²) in [5.74, 6) is -0.293. The van der Waals surface area contributed by atoms with Gasteiger partial charge in [0.15, 0.2) is 5.82 Å². The largest absolute Gasteiger partial charge is 0.308 e. The molecule has 1 fully saturated rings. The van der Waals surface area contributed by atoms with E-state index in [2.05, 4.69) is 15.0 Å². The summed E-state index contributed by atoms with van der Waals surface area (Å²) in [5.41, 5.74) is 2.97. The Kier molecular flexibility index (Phi) is 3.25. The molecule has 27 heavy (non-hydrogen) atoms. The third kappa shape index (κ3) is 2.38. The number of hydrogen-bond acceptors (Lipinski definition) is 4. The van der Waals surface area contributed by atoms with Crippen LogP contribution in [0.3, 0.4) is 0 Å². The number of imidazole rings is 1. The molecule has 0 bridgehead atoms. The summed E-state index contributed by atoms with van der Waals surface area (Å²) >= 11 is 0. The Morgan fingerprint density at radius 3 is 2.70 bits per heavy atom. The predicted octanol–water partition coefficient (Wildman–Crippen LogP) is 3.26. The zero-order valence-corrected chi connectivity index (χ0v) is 15.1. The SMILES string of the molecule is CC1(C)C(=O)N(C2CC2)c2cc(-c3cn(-c4ccncc4F)cn3)ncc21. The molecule has 1 aliphatic carbocycles. The molecule has 136 valence electrons. The molecule has 0 unspecified atom stereocenters. The molecule has 3 aromatic rings. The fraction of sp³-hybridized carbons (Fsp3) is 0.300. The normalized spacial score (nSPS) is 18.0. The molecule has 5 rings (SSSR count). The van der Waals surface area contributed by atoms with Gasteiger partial charge in [-0.05, 0) is 38.8 Å². The molecule has 1 aliphatic heterocycles. The molecule has 3 aromatic heterocycles. The van der Waals surface area contributed by atoms with Crippen molar-refractivity contribution in [1.82, 2.24) is 19.5 Å².